The number of ether oxygens (including phenoxy) is 2. The number of unbranched alkanes of at least 4 members (excludes halogenated alkanes) is 1. The predicted octanol–water partition coefficient (Wildman–Crippen LogP) is 5.01. The molecule has 1 fully saturated rings. The molecule has 7 heteroatoms. The average molecular weight is 416 g/mol. The summed E-state index contributed by atoms with van der Waals surface area (Å²) in [5.41, 5.74) is 1.32. The molecule has 0 bridgehead atoms. The molecule has 1 amide bonds. The number of rotatable bonds is 10. The van der Waals surface area contributed by atoms with Crippen molar-refractivity contribution in [3.05, 3.63) is 23.9 Å². The summed E-state index contributed by atoms with van der Waals surface area (Å²) in [7, 11) is 0. The second kappa shape index (κ2) is 11.0. The van der Waals surface area contributed by atoms with Crippen molar-refractivity contribution in [2.24, 2.45) is 5.92 Å². The van der Waals surface area contributed by atoms with Crippen LogP contribution in [0.4, 0.5) is 0 Å². The second-order valence-electron chi connectivity index (χ2n) is 7.82. The van der Waals surface area contributed by atoms with Gasteiger partial charge in [0.2, 0.25) is 0 Å². The summed E-state index contributed by atoms with van der Waals surface area (Å²) in [6.07, 6.45) is 8.21. The van der Waals surface area contributed by atoms with Gasteiger partial charge in [0.15, 0.2) is 17.2 Å². The van der Waals surface area contributed by atoms with Gasteiger partial charge in [0.05, 0.1) is 13.2 Å². The van der Waals surface area contributed by atoms with Crippen molar-refractivity contribution in [1.82, 2.24) is 15.6 Å². The SMILES string of the molecule is CCCCC1CCC(NC(=O)c2nonc2-c2ccc(OCC)c(OCC)c2)CC1. The standard InChI is InChI=1S/C23H33N3O4/c1-4-7-8-16-9-12-18(13-10-16)24-23(27)22-21(25-30-26-22)17-11-14-19(28-5-2)20(15-17)29-6-3/h11,14-16,18H,4-10,12-13H2,1-3H3,(H,24,27). The molecule has 1 aromatic heterocycles. The molecule has 1 saturated carbocycles. The third-order valence-corrected chi connectivity index (χ3v) is 5.67. The maximum absolute atomic E-state index is 12.9. The molecule has 164 valence electrons. The third kappa shape index (κ3) is 5.52. The van der Waals surface area contributed by atoms with E-state index in [-0.39, 0.29) is 17.6 Å². The summed E-state index contributed by atoms with van der Waals surface area (Å²) in [4.78, 5) is 12.9. The zero-order chi connectivity index (χ0) is 21.3. The quantitative estimate of drug-likeness (QED) is 0.587. The number of hydrogen-bond donors (Lipinski definition) is 1. The van der Waals surface area contributed by atoms with Gasteiger partial charge in [-0.1, -0.05) is 26.2 Å². The highest BCUT2D eigenvalue weighted by atomic mass is 16.6. The Kier molecular flexibility index (Phi) is 8.11. The number of hydrogen-bond acceptors (Lipinski definition) is 6. The first-order valence-electron chi connectivity index (χ1n) is 11.2. The van der Waals surface area contributed by atoms with Crippen molar-refractivity contribution in [1.29, 1.82) is 0 Å². The Balaban J connectivity index is 1.68. The fraction of sp³-hybridized carbons (Fsp3) is 0.609. The number of benzene rings is 1. The van der Waals surface area contributed by atoms with Gasteiger partial charge in [-0.15, -0.1) is 0 Å². The van der Waals surface area contributed by atoms with Gasteiger partial charge in [-0.3, -0.25) is 4.79 Å². The van der Waals surface area contributed by atoms with Gasteiger partial charge < -0.3 is 14.8 Å². The van der Waals surface area contributed by atoms with E-state index in [0.29, 0.717) is 36.0 Å². The van der Waals surface area contributed by atoms with Crippen LogP contribution in [0.2, 0.25) is 0 Å². The minimum Gasteiger partial charge on any atom is -0.490 e. The lowest BCUT2D eigenvalue weighted by Gasteiger charge is -2.28. The maximum Gasteiger partial charge on any atom is 0.276 e. The third-order valence-electron chi connectivity index (χ3n) is 5.67. The first-order valence-corrected chi connectivity index (χ1v) is 11.2. The normalized spacial score (nSPS) is 18.8. The van der Waals surface area contributed by atoms with Gasteiger partial charge in [-0.2, -0.15) is 0 Å². The van der Waals surface area contributed by atoms with Gasteiger partial charge >= 0.3 is 0 Å². The monoisotopic (exact) mass is 415 g/mol. The van der Waals surface area contributed by atoms with Crippen LogP contribution in [-0.2, 0) is 0 Å². The van der Waals surface area contributed by atoms with Crippen molar-refractivity contribution in [3.8, 4) is 22.8 Å². The summed E-state index contributed by atoms with van der Waals surface area (Å²) >= 11 is 0. The summed E-state index contributed by atoms with van der Waals surface area (Å²) in [5.74, 6) is 1.82. The van der Waals surface area contributed by atoms with Crippen LogP contribution in [0.3, 0.4) is 0 Å². The highest BCUT2D eigenvalue weighted by Crippen LogP contribution is 2.33. The molecule has 2 aromatic rings. The maximum atomic E-state index is 12.9. The topological polar surface area (TPSA) is 86.5 Å². The number of carbonyl (C=O) groups excluding carboxylic acids is 1. The Labute approximate surface area is 178 Å². The lowest BCUT2D eigenvalue weighted by Crippen LogP contribution is -2.38. The van der Waals surface area contributed by atoms with Crippen molar-refractivity contribution in [2.75, 3.05) is 13.2 Å². The minimum atomic E-state index is -0.241. The molecule has 0 unspecified atom stereocenters. The molecule has 0 radical (unpaired) electrons. The molecule has 1 aliphatic rings. The van der Waals surface area contributed by atoms with E-state index < -0.39 is 0 Å². The molecule has 7 nitrogen and oxygen atoms in total. The first-order chi connectivity index (χ1) is 14.7. The van der Waals surface area contributed by atoms with Crippen LogP contribution in [0, 0.1) is 5.92 Å². The van der Waals surface area contributed by atoms with E-state index >= 15 is 0 Å². The van der Waals surface area contributed by atoms with Crippen molar-refractivity contribution in [2.45, 2.75) is 71.8 Å². The molecule has 1 aliphatic carbocycles. The molecule has 0 saturated heterocycles. The van der Waals surface area contributed by atoms with Crippen LogP contribution in [-0.4, -0.2) is 35.5 Å². The van der Waals surface area contributed by atoms with E-state index in [1.165, 1.54) is 32.1 Å². The van der Waals surface area contributed by atoms with Crippen molar-refractivity contribution >= 4 is 5.91 Å². The number of nitrogens with one attached hydrogen (secondary N) is 1. The molecule has 0 spiro atoms. The van der Waals surface area contributed by atoms with Crippen LogP contribution < -0.4 is 14.8 Å². The lowest BCUT2D eigenvalue weighted by molar-refractivity contribution is 0.0911. The molecule has 3 rings (SSSR count). The molecule has 0 atom stereocenters. The number of carbonyl (C=O) groups is 1. The van der Waals surface area contributed by atoms with E-state index in [1.54, 1.807) is 0 Å². The van der Waals surface area contributed by atoms with Gasteiger partial charge in [-0.05, 0) is 74.0 Å². The second-order valence-corrected chi connectivity index (χ2v) is 7.82. The smallest absolute Gasteiger partial charge is 0.276 e. The van der Waals surface area contributed by atoms with Gasteiger partial charge in [0.25, 0.3) is 5.91 Å². The molecule has 1 heterocycles. The van der Waals surface area contributed by atoms with Crippen LogP contribution in [0.1, 0.15) is 76.2 Å². The molecule has 1 N–H and O–H groups in total. The Morgan fingerprint density at radius 3 is 2.50 bits per heavy atom. The summed E-state index contributed by atoms with van der Waals surface area (Å²) in [6, 6.07) is 5.64. The number of amides is 1. The Bertz CT molecular complexity index is 813. The zero-order valence-corrected chi connectivity index (χ0v) is 18.3. The van der Waals surface area contributed by atoms with Crippen LogP contribution in [0.15, 0.2) is 22.8 Å². The molecule has 0 aliphatic heterocycles. The van der Waals surface area contributed by atoms with Gasteiger partial charge in [0, 0.05) is 11.6 Å². The van der Waals surface area contributed by atoms with E-state index in [1.807, 2.05) is 32.0 Å². The van der Waals surface area contributed by atoms with Gasteiger partial charge in [-0.25, -0.2) is 4.63 Å². The summed E-state index contributed by atoms with van der Waals surface area (Å²) < 4.78 is 16.2. The Morgan fingerprint density at radius 1 is 1.07 bits per heavy atom. The van der Waals surface area contributed by atoms with E-state index in [0.717, 1.165) is 18.8 Å². The number of nitrogens with zero attached hydrogens (tertiary/aromatic N) is 2. The van der Waals surface area contributed by atoms with E-state index in [9.17, 15) is 4.79 Å². The molecular weight excluding hydrogens is 382 g/mol. The number of aromatic nitrogens is 2. The summed E-state index contributed by atoms with van der Waals surface area (Å²) in [6.45, 7) is 7.12. The summed E-state index contributed by atoms with van der Waals surface area (Å²) in [5, 5.41) is 11.0. The predicted molar refractivity (Wildman–Crippen MR) is 115 cm³/mol. The first kappa shape index (κ1) is 22.1. The fourth-order valence-corrected chi connectivity index (χ4v) is 4.07. The fourth-order valence-electron chi connectivity index (χ4n) is 4.07. The lowest BCUT2D eigenvalue weighted by atomic mass is 9.83. The highest BCUT2D eigenvalue weighted by Gasteiger charge is 2.26. The highest BCUT2D eigenvalue weighted by molar-refractivity contribution is 5.98. The molecule has 1 aromatic carbocycles. The van der Waals surface area contributed by atoms with Crippen molar-refractivity contribution in [3.63, 3.8) is 0 Å². The molecule has 30 heavy (non-hydrogen) atoms. The Morgan fingerprint density at radius 2 is 1.80 bits per heavy atom. The van der Waals surface area contributed by atoms with E-state index in [4.69, 9.17) is 14.1 Å². The average Bonchev–Trinajstić information content (AvgIpc) is 3.25. The van der Waals surface area contributed by atoms with Crippen LogP contribution in [0.25, 0.3) is 11.3 Å². The van der Waals surface area contributed by atoms with Gasteiger partial charge in [0.1, 0.15) is 5.69 Å². The Hall–Kier alpha value is -2.57. The van der Waals surface area contributed by atoms with E-state index in [2.05, 4.69) is 22.6 Å². The molecular formula is C23H33N3O4. The largest absolute Gasteiger partial charge is 0.490 e. The zero-order valence-electron chi connectivity index (χ0n) is 18.3. The van der Waals surface area contributed by atoms with Crippen molar-refractivity contribution < 1.29 is 18.9 Å². The minimum absolute atomic E-state index is 0.180. The van der Waals surface area contributed by atoms with Crippen LogP contribution >= 0.6 is 0 Å². The van der Waals surface area contributed by atoms with Crippen LogP contribution in [0.5, 0.6) is 11.5 Å².